The maximum atomic E-state index is 13.9. The Hall–Kier alpha value is -4.39. The Morgan fingerprint density at radius 1 is 1.00 bits per heavy atom. The number of ether oxygens (including phenoxy) is 1. The molecule has 0 bridgehead atoms. The molecule has 36 heavy (non-hydrogen) atoms. The summed E-state index contributed by atoms with van der Waals surface area (Å²) < 4.78 is 5.05. The van der Waals surface area contributed by atoms with Gasteiger partial charge in [0.05, 0.1) is 17.9 Å². The van der Waals surface area contributed by atoms with E-state index >= 15 is 0 Å². The Bertz CT molecular complexity index is 1500. The maximum Gasteiger partial charge on any atom is 0.338 e. The molecule has 0 aliphatic carbocycles. The summed E-state index contributed by atoms with van der Waals surface area (Å²) >= 11 is 0. The monoisotopic (exact) mass is 479 g/mol. The number of aromatic nitrogens is 1. The number of fused-ring (bicyclic) bond motifs is 4. The quantitative estimate of drug-likeness (QED) is 0.325. The molecule has 2 aliphatic heterocycles. The molecule has 7 nitrogen and oxygen atoms in total. The van der Waals surface area contributed by atoms with Crippen molar-refractivity contribution in [2.75, 3.05) is 11.5 Å². The van der Waals surface area contributed by atoms with Gasteiger partial charge in [0, 0.05) is 23.0 Å². The molecule has 1 N–H and O–H groups in total. The van der Waals surface area contributed by atoms with Crippen LogP contribution in [0.2, 0.25) is 0 Å². The fourth-order valence-electron chi connectivity index (χ4n) is 5.37. The number of aromatic amines is 1. The van der Waals surface area contributed by atoms with Gasteiger partial charge in [-0.15, -0.1) is 0 Å². The van der Waals surface area contributed by atoms with Crippen LogP contribution in [0.4, 0.5) is 10.5 Å². The van der Waals surface area contributed by atoms with Gasteiger partial charge in [-0.25, -0.2) is 14.5 Å². The summed E-state index contributed by atoms with van der Waals surface area (Å²) in [6.07, 6.45) is 0.434. The number of carbonyl (C=O) groups excluding carboxylic acids is 3. The van der Waals surface area contributed by atoms with Crippen molar-refractivity contribution >= 4 is 34.5 Å². The molecule has 1 aromatic heterocycles. The molecule has 0 radical (unpaired) electrons. The van der Waals surface area contributed by atoms with Crippen LogP contribution in [0.15, 0.2) is 72.8 Å². The van der Waals surface area contributed by atoms with Crippen molar-refractivity contribution in [1.82, 2.24) is 9.88 Å². The minimum atomic E-state index is -0.625. The number of nitrogens with one attached hydrogen (secondary N) is 1. The third kappa shape index (κ3) is 3.31. The number of imide groups is 1. The number of carbonyl (C=O) groups is 3. The van der Waals surface area contributed by atoms with Gasteiger partial charge in [-0.05, 0) is 55.3 Å². The Balaban J connectivity index is 1.44. The number of urea groups is 1. The van der Waals surface area contributed by atoms with Gasteiger partial charge >= 0.3 is 12.0 Å². The summed E-state index contributed by atoms with van der Waals surface area (Å²) in [5.74, 6) is -0.706. The number of anilines is 1. The molecule has 180 valence electrons. The average molecular weight is 480 g/mol. The lowest BCUT2D eigenvalue weighted by Crippen LogP contribution is -2.44. The topological polar surface area (TPSA) is 82.7 Å². The van der Waals surface area contributed by atoms with Gasteiger partial charge in [0.15, 0.2) is 0 Å². The van der Waals surface area contributed by atoms with Gasteiger partial charge in [-0.2, -0.15) is 0 Å². The molecule has 4 aromatic rings. The molecule has 3 aromatic carbocycles. The molecular formula is C29H25N3O4. The van der Waals surface area contributed by atoms with E-state index < -0.39 is 18.1 Å². The van der Waals surface area contributed by atoms with Crippen molar-refractivity contribution in [1.29, 1.82) is 0 Å². The Labute approximate surface area is 208 Å². The average Bonchev–Trinajstić information content (AvgIpc) is 3.38. The summed E-state index contributed by atoms with van der Waals surface area (Å²) in [4.78, 5) is 46.1. The van der Waals surface area contributed by atoms with E-state index in [9.17, 15) is 14.4 Å². The zero-order valence-corrected chi connectivity index (χ0v) is 20.0. The highest BCUT2D eigenvalue weighted by molar-refractivity contribution is 6.22. The summed E-state index contributed by atoms with van der Waals surface area (Å²) in [7, 11) is 0. The van der Waals surface area contributed by atoms with E-state index in [0.29, 0.717) is 17.7 Å². The van der Waals surface area contributed by atoms with Crippen molar-refractivity contribution in [3.63, 3.8) is 0 Å². The molecule has 0 saturated carbocycles. The van der Waals surface area contributed by atoms with Crippen LogP contribution in [0.1, 0.15) is 45.7 Å². The lowest BCUT2D eigenvalue weighted by atomic mass is 9.88. The van der Waals surface area contributed by atoms with Gasteiger partial charge in [0.25, 0.3) is 5.91 Å². The van der Waals surface area contributed by atoms with E-state index in [1.165, 1.54) is 4.90 Å². The first-order chi connectivity index (χ1) is 17.5. The molecule has 3 heterocycles. The van der Waals surface area contributed by atoms with Crippen LogP contribution in [0.25, 0.3) is 10.9 Å². The molecule has 7 heteroatoms. The fraction of sp³-hybridized carbons (Fsp3) is 0.207. The molecule has 2 aliphatic rings. The van der Waals surface area contributed by atoms with E-state index in [1.54, 1.807) is 36.1 Å². The van der Waals surface area contributed by atoms with Gasteiger partial charge in [-0.3, -0.25) is 9.69 Å². The van der Waals surface area contributed by atoms with Gasteiger partial charge < -0.3 is 9.72 Å². The highest BCUT2D eigenvalue weighted by atomic mass is 16.5. The largest absolute Gasteiger partial charge is 0.462 e. The first kappa shape index (κ1) is 22.1. The van der Waals surface area contributed by atoms with Crippen LogP contribution in [0.5, 0.6) is 0 Å². The predicted molar refractivity (Wildman–Crippen MR) is 136 cm³/mol. The number of para-hydroxylation sites is 1. The second-order valence-corrected chi connectivity index (χ2v) is 9.23. The third-order valence-corrected chi connectivity index (χ3v) is 7.08. The molecule has 6 rings (SSSR count). The normalized spacial score (nSPS) is 18.9. The zero-order chi connectivity index (χ0) is 25.0. The Morgan fingerprint density at radius 3 is 2.44 bits per heavy atom. The van der Waals surface area contributed by atoms with E-state index in [1.807, 2.05) is 49.4 Å². The van der Waals surface area contributed by atoms with Crippen molar-refractivity contribution < 1.29 is 19.1 Å². The number of hydrogen-bond acceptors (Lipinski definition) is 4. The first-order valence-electron chi connectivity index (χ1n) is 12.1. The number of amides is 3. The van der Waals surface area contributed by atoms with Crippen LogP contribution >= 0.6 is 0 Å². The van der Waals surface area contributed by atoms with Crippen molar-refractivity contribution in [3.05, 3.63) is 101 Å². The lowest BCUT2D eigenvalue weighted by Gasteiger charge is -2.36. The van der Waals surface area contributed by atoms with Gasteiger partial charge in [0.1, 0.15) is 12.1 Å². The summed E-state index contributed by atoms with van der Waals surface area (Å²) in [5, 5.41) is 1.07. The van der Waals surface area contributed by atoms with Gasteiger partial charge in [0.2, 0.25) is 0 Å². The van der Waals surface area contributed by atoms with Crippen molar-refractivity contribution in [2.45, 2.75) is 32.4 Å². The van der Waals surface area contributed by atoms with Crippen LogP contribution in [-0.4, -0.2) is 40.4 Å². The summed E-state index contributed by atoms with van der Waals surface area (Å²) in [5.41, 5.74) is 5.87. The number of aryl methyl sites for hydroxylation is 1. The standard InChI is InChI=1S/C29H25N3O4/c1-3-36-28(34)19-12-14-20(15-13-19)31-27(33)24-16-22-21-6-4-5-7-23(21)30-25(22)26(32(24)29(31)35)18-10-8-17(2)9-11-18/h4-15,24,26,30H,3,16H2,1-2H3/t24-,26?/m0/s1. The SMILES string of the molecule is CCOC(=O)c1ccc(N2C(=O)[C@@H]3Cc4c([nH]c5ccccc45)C(c4ccc(C)cc4)N3C2=O)cc1. The highest BCUT2D eigenvalue weighted by Gasteiger charge is 2.53. The van der Waals surface area contributed by atoms with E-state index in [4.69, 9.17) is 4.74 Å². The number of nitrogens with zero attached hydrogens (tertiary/aromatic N) is 2. The zero-order valence-electron chi connectivity index (χ0n) is 20.0. The number of benzene rings is 3. The van der Waals surface area contributed by atoms with E-state index in [-0.39, 0.29) is 18.5 Å². The Kier molecular flexibility index (Phi) is 5.14. The van der Waals surface area contributed by atoms with Crippen molar-refractivity contribution in [2.24, 2.45) is 0 Å². The fourth-order valence-corrected chi connectivity index (χ4v) is 5.37. The number of H-pyrrole nitrogens is 1. The molecule has 1 saturated heterocycles. The summed E-state index contributed by atoms with van der Waals surface area (Å²) in [6, 6.07) is 21.1. The van der Waals surface area contributed by atoms with Crippen LogP contribution in [0, 0.1) is 6.92 Å². The molecule has 1 unspecified atom stereocenters. The van der Waals surface area contributed by atoms with E-state index in [0.717, 1.165) is 33.3 Å². The molecule has 2 atom stereocenters. The lowest BCUT2D eigenvalue weighted by molar-refractivity contribution is -0.120. The minimum Gasteiger partial charge on any atom is -0.462 e. The second kappa shape index (κ2) is 8.37. The molecule has 0 spiro atoms. The summed E-state index contributed by atoms with van der Waals surface area (Å²) in [6.45, 7) is 4.04. The molecular weight excluding hydrogens is 454 g/mol. The van der Waals surface area contributed by atoms with Crippen LogP contribution < -0.4 is 4.90 Å². The number of hydrogen-bond donors (Lipinski definition) is 1. The predicted octanol–water partition coefficient (Wildman–Crippen LogP) is 5.14. The third-order valence-electron chi connectivity index (χ3n) is 7.08. The van der Waals surface area contributed by atoms with E-state index in [2.05, 4.69) is 11.1 Å². The number of esters is 1. The highest BCUT2D eigenvalue weighted by Crippen LogP contribution is 2.44. The maximum absolute atomic E-state index is 13.9. The molecule has 3 amide bonds. The molecule has 1 fully saturated rings. The minimum absolute atomic E-state index is 0.267. The van der Waals surface area contributed by atoms with Gasteiger partial charge in [-0.1, -0.05) is 48.0 Å². The van der Waals surface area contributed by atoms with Crippen LogP contribution in [0.3, 0.4) is 0 Å². The first-order valence-corrected chi connectivity index (χ1v) is 12.1. The van der Waals surface area contributed by atoms with Crippen LogP contribution in [-0.2, 0) is 16.0 Å². The second-order valence-electron chi connectivity index (χ2n) is 9.23. The Morgan fingerprint density at radius 2 is 1.72 bits per heavy atom. The smallest absolute Gasteiger partial charge is 0.338 e. The van der Waals surface area contributed by atoms with Crippen molar-refractivity contribution in [3.8, 4) is 0 Å². The number of rotatable bonds is 4.